The molecule has 0 spiro atoms. The molecule has 1 unspecified atom stereocenters. The Bertz CT molecular complexity index is 405. The predicted octanol–water partition coefficient (Wildman–Crippen LogP) is 3.23. The molecule has 21 heavy (non-hydrogen) atoms. The van der Waals surface area contributed by atoms with Gasteiger partial charge in [-0.3, -0.25) is 4.90 Å². The molecule has 1 aliphatic heterocycles. The van der Waals surface area contributed by atoms with Gasteiger partial charge in [-0.15, -0.1) is 0 Å². The summed E-state index contributed by atoms with van der Waals surface area (Å²) >= 11 is 0. The SMILES string of the molecule is COC1CCN(C(CNC(C)(C)C)c2ccccc2)CC1. The van der Waals surface area contributed by atoms with Gasteiger partial charge in [0.15, 0.2) is 0 Å². The highest BCUT2D eigenvalue weighted by molar-refractivity contribution is 5.19. The zero-order valence-electron chi connectivity index (χ0n) is 13.9. The molecule has 3 nitrogen and oxygen atoms in total. The Balaban J connectivity index is 2.05. The molecule has 1 aromatic rings. The van der Waals surface area contributed by atoms with Gasteiger partial charge in [0.25, 0.3) is 0 Å². The van der Waals surface area contributed by atoms with E-state index in [1.807, 2.05) is 7.11 Å². The van der Waals surface area contributed by atoms with E-state index >= 15 is 0 Å². The highest BCUT2D eigenvalue weighted by Crippen LogP contribution is 2.25. The van der Waals surface area contributed by atoms with E-state index in [1.165, 1.54) is 5.56 Å². The van der Waals surface area contributed by atoms with Crippen molar-refractivity contribution >= 4 is 0 Å². The first kappa shape index (κ1) is 16.5. The zero-order chi connectivity index (χ0) is 15.3. The summed E-state index contributed by atoms with van der Waals surface area (Å²) in [6.07, 6.45) is 2.71. The number of methoxy groups -OCH3 is 1. The average molecular weight is 290 g/mol. The second-order valence-electron chi connectivity index (χ2n) is 7.03. The molecule has 0 radical (unpaired) electrons. The van der Waals surface area contributed by atoms with Gasteiger partial charge in [0.2, 0.25) is 0 Å². The molecule has 1 aromatic carbocycles. The fourth-order valence-corrected chi connectivity index (χ4v) is 2.96. The number of likely N-dealkylation sites (tertiary alicyclic amines) is 1. The lowest BCUT2D eigenvalue weighted by molar-refractivity contribution is 0.0259. The minimum Gasteiger partial charge on any atom is -0.381 e. The fourth-order valence-electron chi connectivity index (χ4n) is 2.96. The lowest BCUT2D eigenvalue weighted by Gasteiger charge is -2.38. The summed E-state index contributed by atoms with van der Waals surface area (Å²) in [6, 6.07) is 11.3. The topological polar surface area (TPSA) is 24.5 Å². The highest BCUT2D eigenvalue weighted by Gasteiger charge is 2.26. The van der Waals surface area contributed by atoms with Crippen LogP contribution in [0.15, 0.2) is 30.3 Å². The molecule has 0 bridgehead atoms. The molecular weight excluding hydrogens is 260 g/mol. The third-order valence-electron chi connectivity index (χ3n) is 4.26. The summed E-state index contributed by atoms with van der Waals surface area (Å²) < 4.78 is 5.50. The second kappa shape index (κ2) is 7.39. The molecule has 1 aliphatic rings. The van der Waals surface area contributed by atoms with E-state index in [4.69, 9.17) is 4.74 Å². The Morgan fingerprint density at radius 2 is 1.81 bits per heavy atom. The first-order valence-corrected chi connectivity index (χ1v) is 8.06. The maximum Gasteiger partial charge on any atom is 0.0595 e. The van der Waals surface area contributed by atoms with Crippen LogP contribution in [-0.2, 0) is 4.74 Å². The van der Waals surface area contributed by atoms with Crippen LogP contribution in [0.3, 0.4) is 0 Å². The van der Waals surface area contributed by atoms with Gasteiger partial charge in [0, 0.05) is 38.3 Å². The molecular formula is C18H30N2O. The van der Waals surface area contributed by atoms with Gasteiger partial charge >= 0.3 is 0 Å². The Morgan fingerprint density at radius 1 is 1.19 bits per heavy atom. The fraction of sp³-hybridized carbons (Fsp3) is 0.667. The lowest BCUT2D eigenvalue weighted by Crippen LogP contribution is -2.46. The minimum absolute atomic E-state index is 0.151. The van der Waals surface area contributed by atoms with Crippen molar-refractivity contribution in [2.75, 3.05) is 26.7 Å². The Kier molecular flexibility index (Phi) is 5.80. The monoisotopic (exact) mass is 290 g/mol. The average Bonchev–Trinajstić information content (AvgIpc) is 2.48. The van der Waals surface area contributed by atoms with Gasteiger partial charge in [0.05, 0.1) is 6.10 Å². The maximum atomic E-state index is 5.50. The molecule has 2 rings (SSSR count). The van der Waals surface area contributed by atoms with Gasteiger partial charge in [-0.1, -0.05) is 30.3 Å². The van der Waals surface area contributed by atoms with Crippen molar-refractivity contribution in [1.29, 1.82) is 0 Å². The summed E-state index contributed by atoms with van der Waals surface area (Å²) in [7, 11) is 1.83. The number of nitrogens with one attached hydrogen (secondary N) is 1. The van der Waals surface area contributed by atoms with Crippen molar-refractivity contribution in [3.63, 3.8) is 0 Å². The van der Waals surface area contributed by atoms with Crippen molar-refractivity contribution in [1.82, 2.24) is 10.2 Å². The zero-order valence-corrected chi connectivity index (χ0v) is 13.9. The van der Waals surface area contributed by atoms with E-state index in [9.17, 15) is 0 Å². The van der Waals surface area contributed by atoms with Crippen molar-refractivity contribution in [3.8, 4) is 0 Å². The molecule has 1 atom stereocenters. The third-order valence-corrected chi connectivity index (χ3v) is 4.26. The summed E-state index contributed by atoms with van der Waals surface area (Å²) in [5, 5.41) is 3.67. The van der Waals surface area contributed by atoms with Crippen LogP contribution in [0, 0.1) is 0 Å². The number of benzene rings is 1. The van der Waals surface area contributed by atoms with Crippen LogP contribution in [0.4, 0.5) is 0 Å². The van der Waals surface area contributed by atoms with Crippen molar-refractivity contribution < 1.29 is 4.74 Å². The molecule has 1 fully saturated rings. The number of nitrogens with zero attached hydrogens (tertiary/aromatic N) is 1. The van der Waals surface area contributed by atoms with Crippen LogP contribution in [0.2, 0.25) is 0 Å². The Hall–Kier alpha value is -0.900. The molecule has 0 amide bonds. The normalized spacial score (nSPS) is 19.6. The number of piperidine rings is 1. The number of rotatable bonds is 5. The molecule has 1 heterocycles. The van der Waals surface area contributed by atoms with Gasteiger partial charge in [-0.2, -0.15) is 0 Å². The largest absolute Gasteiger partial charge is 0.381 e. The minimum atomic E-state index is 0.151. The Labute approximate surface area is 129 Å². The van der Waals surface area contributed by atoms with Crippen LogP contribution in [0.5, 0.6) is 0 Å². The highest BCUT2D eigenvalue weighted by atomic mass is 16.5. The molecule has 118 valence electrons. The molecule has 3 heteroatoms. The summed E-state index contributed by atoms with van der Waals surface area (Å²) in [6.45, 7) is 9.91. The van der Waals surface area contributed by atoms with Gasteiger partial charge in [0.1, 0.15) is 0 Å². The third kappa shape index (κ3) is 5.10. The summed E-state index contributed by atoms with van der Waals surface area (Å²) in [5.74, 6) is 0. The van der Waals surface area contributed by atoms with E-state index in [-0.39, 0.29) is 5.54 Å². The predicted molar refractivity (Wildman–Crippen MR) is 88.5 cm³/mol. The molecule has 0 aliphatic carbocycles. The molecule has 1 saturated heterocycles. The maximum absolute atomic E-state index is 5.50. The van der Waals surface area contributed by atoms with Gasteiger partial charge < -0.3 is 10.1 Å². The summed E-state index contributed by atoms with van der Waals surface area (Å²) in [5.41, 5.74) is 1.56. The van der Waals surface area contributed by atoms with Crippen LogP contribution in [-0.4, -0.2) is 43.3 Å². The van der Waals surface area contributed by atoms with Gasteiger partial charge in [-0.05, 0) is 39.2 Å². The number of hydrogen-bond acceptors (Lipinski definition) is 3. The molecule has 1 N–H and O–H groups in total. The van der Waals surface area contributed by atoms with Crippen LogP contribution in [0.1, 0.15) is 45.2 Å². The van der Waals surface area contributed by atoms with E-state index in [1.54, 1.807) is 0 Å². The quantitative estimate of drug-likeness (QED) is 0.901. The first-order chi connectivity index (χ1) is 9.99. The Morgan fingerprint density at radius 3 is 2.33 bits per heavy atom. The van der Waals surface area contributed by atoms with E-state index < -0.39 is 0 Å². The second-order valence-corrected chi connectivity index (χ2v) is 7.03. The van der Waals surface area contributed by atoms with E-state index in [2.05, 4.69) is 61.3 Å². The van der Waals surface area contributed by atoms with Crippen molar-refractivity contribution in [2.24, 2.45) is 0 Å². The van der Waals surface area contributed by atoms with E-state index in [0.29, 0.717) is 12.1 Å². The first-order valence-electron chi connectivity index (χ1n) is 8.06. The molecule has 0 aromatic heterocycles. The van der Waals surface area contributed by atoms with Crippen LogP contribution < -0.4 is 5.32 Å². The summed E-state index contributed by atoms with van der Waals surface area (Å²) in [4.78, 5) is 2.60. The number of ether oxygens (including phenoxy) is 1. The number of hydrogen-bond donors (Lipinski definition) is 1. The lowest BCUT2D eigenvalue weighted by atomic mass is 9.99. The van der Waals surface area contributed by atoms with E-state index in [0.717, 1.165) is 32.5 Å². The van der Waals surface area contributed by atoms with Crippen molar-refractivity contribution in [2.45, 2.75) is 51.3 Å². The molecule has 0 saturated carbocycles. The van der Waals surface area contributed by atoms with Crippen molar-refractivity contribution in [3.05, 3.63) is 35.9 Å². The van der Waals surface area contributed by atoms with Crippen LogP contribution >= 0.6 is 0 Å². The van der Waals surface area contributed by atoms with Gasteiger partial charge in [-0.25, -0.2) is 0 Å². The standard InChI is InChI=1S/C18H30N2O/c1-18(2,3)19-14-17(15-8-6-5-7-9-15)20-12-10-16(21-4)11-13-20/h5-9,16-17,19H,10-14H2,1-4H3. The van der Waals surface area contributed by atoms with Crippen LogP contribution in [0.25, 0.3) is 0 Å². The smallest absolute Gasteiger partial charge is 0.0595 e.